The molecule has 2 aromatic heterocycles. The third kappa shape index (κ3) is 3.52. The number of aryl methyl sites for hydroxylation is 1. The first-order chi connectivity index (χ1) is 13.1. The van der Waals surface area contributed by atoms with Crippen LogP contribution in [-0.2, 0) is 13.7 Å². The summed E-state index contributed by atoms with van der Waals surface area (Å²) in [6.45, 7) is 0.344. The van der Waals surface area contributed by atoms with Crippen LogP contribution >= 0.6 is 11.6 Å². The van der Waals surface area contributed by atoms with Crippen LogP contribution in [0.4, 0.5) is 0 Å². The second-order valence-electron chi connectivity index (χ2n) is 5.97. The van der Waals surface area contributed by atoms with E-state index in [0.29, 0.717) is 34.1 Å². The number of hydrogen-bond acceptors (Lipinski definition) is 5. The third-order valence-electron chi connectivity index (χ3n) is 4.11. The standard InChI is InChI=1S/C20H15ClN4O2/c1-25-18-16(23-17(19(25)26)14-7-9-15(21)10-8-14)11-22-20(24-18)27-12-13-5-3-2-4-6-13/h2-11H,12H2,1H3. The minimum Gasteiger partial charge on any atom is -0.459 e. The van der Waals surface area contributed by atoms with Crippen LogP contribution in [-0.4, -0.2) is 19.5 Å². The molecule has 2 aromatic carbocycles. The molecular formula is C20H15ClN4O2. The number of hydrogen-bond donors (Lipinski definition) is 0. The quantitative estimate of drug-likeness (QED) is 0.542. The number of ether oxygens (including phenoxy) is 1. The molecule has 0 N–H and O–H groups in total. The molecule has 0 spiro atoms. The molecule has 4 aromatic rings. The van der Waals surface area contributed by atoms with Crippen LogP contribution < -0.4 is 10.3 Å². The molecular weight excluding hydrogens is 364 g/mol. The molecule has 4 rings (SSSR count). The summed E-state index contributed by atoms with van der Waals surface area (Å²) in [5.74, 6) is 0. The van der Waals surface area contributed by atoms with Gasteiger partial charge in [0.1, 0.15) is 17.8 Å². The normalized spacial score (nSPS) is 10.9. The number of rotatable bonds is 4. The van der Waals surface area contributed by atoms with Gasteiger partial charge in [0.15, 0.2) is 5.65 Å². The first kappa shape index (κ1) is 17.2. The van der Waals surface area contributed by atoms with E-state index in [0.717, 1.165) is 5.56 Å². The Labute approximate surface area is 160 Å². The minimum absolute atomic E-state index is 0.197. The summed E-state index contributed by atoms with van der Waals surface area (Å²) >= 11 is 5.92. The van der Waals surface area contributed by atoms with Crippen molar-refractivity contribution in [2.24, 2.45) is 7.05 Å². The Morgan fingerprint density at radius 1 is 1.04 bits per heavy atom. The molecule has 0 amide bonds. The molecule has 0 atom stereocenters. The zero-order chi connectivity index (χ0) is 18.8. The van der Waals surface area contributed by atoms with Gasteiger partial charge in [-0.15, -0.1) is 0 Å². The molecule has 0 radical (unpaired) electrons. The molecule has 134 valence electrons. The van der Waals surface area contributed by atoms with Crippen LogP contribution in [0.15, 0.2) is 65.6 Å². The van der Waals surface area contributed by atoms with E-state index in [2.05, 4.69) is 15.0 Å². The van der Waals surface area contributed by atoms with Crippen molar-refractivity contribution in [3.05, 3.63) is 81.7 Å². The van der Waals surface area contributed by atoms with Crippen LogP contribution in [0.3, 0.4) is 0 Å². The van der Waals surface area contributed by atoms with E-state index in [4.69, 9.17) is 16.3 Å². The van der Waals surface area contributed by atoms with Crippen molar-refractivity contribution in [1.82, 2.24) is 19.5 Å². The lowest BCUT2D eigenvalue weighted by molar-refractivity contribution is 0.281. The van der Waals surface area contributed by atoms with E-state index in [1.54, 1.807) is 37.5 Å². The minimum atomic E-state index is -0.252. The average Bonchev–Trinajstić information content (AvgIpc) is 2.71. The smallest absolute Gasteiger partial charge is 0.318 e. The van der Waals surface area contributed by atoms with Crippen molar-refractivity contribution in [3.8, 4) is 17.3 Å². The molecule has 0 bridgehead atoms. The van der Waals surface area contributed by atoms with E-state index in [-0.39, 0.29) is 11.6 Å². The van der Waals surface area contributed by atoms with E-state index in [9.17, 15) is 4.79 Å². The summed E-state index contributed by atoms with van der Waals surface area (Å²) in [5, 5.41) is 0.597. The van der Waals surface area contributed by atoms with Crippen LogP contribution in [0.25, 0.3) is 22.4 Å². The molecule has 7 heteroatoms. The first-order valence-corrected chi connectivity index (χ1v) is 8.66. The van der Waals surface area contributed by atoms with Gasteiger partial charge >= 0.3 is 6.01 Å². The van der Waals surface area contributed by atoms with Gasteiger partial charge in [-0.2, -0.15) is 4.98 Å². The Balaban J connectivity index is 1.70. The summed E-state index contributed by atoms with van der Waals surface area (Å²) in [6.07, 6.45) is 1.56. The van der Waals surface area contributed by atoms with Gasteiger partial charge in [-0.25, -0.2) is 9.97 Å². The molecule has 2 heterocycles. The average molecular weight is 379 g/mol. The third-order valence-corrected chi connectivity index (χ3v) is 4.37. The first-order valence-electron chi connectivity index (χ1n) is 8.28. The lowest BCUT2D eigenvalue weighted by Gasteiger charge is -2.09. The molecule has 0 saturated heterocycles. The van der Waals surface area contributed by atoms with Crippen molar-refractivity contribution in [2.45, 2.75) is 6.61 Å². The van der Waals surface area contributed by atoms with Crippen LogP contribution in [0.1, 0.15) is 5.56 Å². The fourth-order valence-electron chi connectivity index (χ4n) is 2.69. The van der Waals surface area contributed by atoms with Crippen LogP contribution in [0, 0.1) is 0 Å². The molecule has 6 nitrogen and oxygen atoms in total. The lowest BCUT2D eigenvalue weighted by Crippen LogP contribution is -2.21. The Morgan fingerprint density at radius 3 is 2.52 bits per heavy atom. The van der Waals surface area contributed by atoms with Crippen molar-refractivity contribution < 1.29 is 4.74 Å². The fraction of sp³-hybridized carbons (Fsp3) is 0.100. The van der Waals surface area contributed by atoms with Gasteiger partial charge in [-0.05, 0) is 17.7 Å². The van der Waals surface area contributed by atoms with Gasteiger partial charge < -0.3 is 4.74 Å². The molecule has 27 heavy (non-hydrogen) atoms. The van der Waals surface area contributed by atoms with E-state index < -0.39 is 0 Å². The second-order valence-corrected chi connectivity index (χ2v) is 6.40. The zero-order valence-electron chi connectivity index (χ0n) is 14.5. The van der Waals surface area contributed by atoms with Gasteiger partial charge in [0.05, 0.1) is 6.20 Å². The molecule has 0 saturated carbocycles. The van der Waals surface area contributed by atoms with Gasteiger partial charge in [0.2, 0.25) is 0 Å². The fourth-order valence-corrected chi connectivity index (χ4v) is 2.81. The van der Waals surface area contributed by atoms with Crippen molar-refractivity contribution in [3.63, 3.8) is 0 Å². The summed E-state index contributed by atoms with van der Waals surface area (Å²) in [5.41, 5.74) is 2.68. The van der Waals surface area contributed by atoms with Crippen LogP contribution in [0.2, 0.25) is 5.02 Å². The molecule has 0 unspecified atom stereocenters. The predicted octanol–water partition coefficient (Wildman–Crippen LogP) is 3.62. The molecule has 0 aliphatic rings. The number of fused-ring (bicyclic) bond motifs is 1. The topological polar surface area (TPSA) is 69.9 Å². The molecule has 0 aliphatic carbocycles. The molecule has 0 fully saturated rings. The van der Waals surface area contributed by atoms with Crippen molar-refractivity contribution in [2.75, 3.05) is 0 Å². The Bertz CT molecular complexity index is 1160. The molecule has 0 aliphatic heterocycles. The van der Waals surface area contributed by atoms with E-state index in [1.807, 2.05) is 30.3 Å². The van der Waals surface area contributed by atoms with Gasteiger partial charge in [0, 0.05) is 17.6 Å². The second kappa shape index (κ2) is 7.17. The summed E-state index contributed by atoms with van der Waals surface area (Å²) in [6, 6.07) is 16.9. The highest BCUT2D eigenvalue weighted by molar-refractivity contribution is 6.30. The highest BCUT2D eigenvalue weighted by atomic mass is 35.5. The summed E-state index contributed by atoms with van der Waals surface area (Å²) < 4.78 is 7.09. The van der Waals surface area contributed by atoms with Gasteiger partial charge in [-0.1, -0.05) is 54.1 Å². The maximum absolute atomic E-state index is 12.7. The Morgan fingerprint density at radius 2 is 1.78 bits per heavy atom. The van der Waals surface area contributed by atoms with Gasteiger partial charge in [-0.3, -0.25) is 9.36 Å². The number of benzene rings is 2. The maximum atomic E-state index is 12.7. The van der Waals surface area contributed by atoms with Crippen LogP contribution in [0.5, 0.6) is 6.01 Å². The number of nitrogens with zero attached hydrogens (tertiary/aromatic N) is 4. The van der Waals surface area contributed by atoms with Crippen molar-refractivity contribution in [1.29, 1.82) is 0 Å². The van der Waals surface area contributed by atoms with E-state index in [1.165, 1.54) is 4.57 Å². The largest absolute Gasteiger partial charge is 0.459 e. The SMILES string of the molecule is Cn1c(=O)c(-c2ccc(Cl)cc2)nc2cnc(OCc3ccccc3)nc21. The van der Waals surface area contributed by atoms with E-state index >= 15 is 0 Å². The summed E-state index contributed by atoms with van der Waals surface area (Å²) in [7, 11) is 1.65. The zero-order valence-corrected chi connectivity index (χ0v) is 15.2. The number of aromatic nitrogens is 4. The number of halogens is 1. The van der Waals surface area contributed by atoms with Gasteiger partial charge in [0.25, 0.3) is 5.56 Å². The Hall–Kier alpha value is -3.25. The monoisotopic (exact) mass is 378 g/mol. The Kier molecular flexibility index (Phi) is 4.56. The maximum Gasteiger partial charge on any atom is 0.318 e. The summed E-state index contributed by atoms with van der Waals surface area (Å²) in [4.78, 5) is 25.7. The van der Waals surface area contributed by atoms with Crippen molar-refractivity contribution >= 4 is 22.8 Å². The highest BCUT2D eigenvalue weighted by Crippen LogP contribution is 2.19. The predicted molar refractivity (Wildman–Crippen MR) is 104 cm³/mol. The lowest BCUT2D eigenvalue weighted by atomic mass is 10.1. The highest BCUT2D eigenvalue weighted by Gasteiger charge is 2.13.